The van der Waals surface area contributed by atoms with Crippen molar-refractivity contribution in [2.45, 2.75) is 26.0 Å². The molecule has 0 aliphatic heterocycles. The summed E-state index contributed by atoms with van der Waals surface area (Å²) in [5.74, 6) is 0.0258. The number of carbonyl (C=O) groups excluding carboxylic acids is 1. The predicted molar refractivity (Wildman–Crippen MR) is 97.3 cm³/mol. The van der Waals surface area contributed by atoms with Crippen molar-refractivity contribution in [2.24, 2.45) is 0 Å². The lowest BCUT2D eigenvalue weighted by Crippen LogP contribution is -2.39. The minimum atomic E-state index is -0.802. The molecule has 0 bridgehead atoms. The summed E-state index contributed by atoms with van der Waals surface area (Å²) >= 11 is 0. The molecule has 7 heteroatoms. The molecule has 0 spiro atoms. The van der Waals surface area contributed by atoms with E-state index < -0.39 is 11.9 Å². The van der Waals surface area contributed by atoms with Gasteiger partial charge >= 0.3 is 0 Å². The summed E-state index contributed by atoms with van der Waals surface area (Å²) < 4.78 is 24.6. The third-order valence-electron chi connectivity index (χ3n) is 4.00. The number of para-hydroxylation sites is 1. The van der Waals surface area contributed by atoms with Crippen LogP contribution in [0.2, 0.25) is 0 Å². The van der Waals surface area contributed by atoms with Gasteiger partial charge in [-0.05, 0) is 18.6 Å². The first-order valence-electron chi connectivity index (χ1n) is 8.62. The Morgan fingerprint density at radius 1 is 1.19 bits per heavy atom. The molecule has 1 heterocycles. The first kappa shape index (κ1) is 18.6. The van der Waals surface area contributed by atoms with E-state index >= 15 is 0 Å². The molecule has 3 aromatic rings. The third-order valence-corrected chi connectivity index (χ3v) is 4.00. The minimum Gasteiger partial charge on any atom is -0.478 e. The van der Waals surface area contributed by atoms with Crippen LogP contribution in [0.4, 0.5) is 4.39 Å². The van der Waals surface area contributed by atoms with Gasteiger partial charge in [-0.1, -0.05) is 54.5 Å². The van der Waals surface area contributed by atoms with Crippen LogP contribution in [0, 0.1) is 5.82 Å². The van der Waals surface area contributed by atoms with Crippen molar-refractivity contribution in [3.63, 3.8) is 0 Å². The number of hydrogen-bond donors (Lipinski definition) is 0. The van der Waals surface area contributed by atoms with Crippen molar-refractivity contribution in [3.8, 4) is 17.1 Å². The van der Waals surface area contributed by atoms with Gasteiger partial charge in [0.25, 0.3) is 5.91 Å². The Morgan fingerprint density at radius 2 is 1.89 bits per heavy atom. The first-order valence-corrected chi connectivity index (χ1v) is 8.62. The van der Waals surface area contributed by atoms with Gasteiger partial charge in [-0.25, -0.2) is 4.39 Å². The molecule has 140 valence electrons. The zero-order valence-corrected chi connectivity index (χ0v) is 15.1. The van der Waals surface area contributed by atoms with Gasteiger partial charge in [0.15, 0.2) is 17.7 Å². The van der Waals surface area contributed by atoms with Crippen LogP contribution < -0.4 is 4.74 Å². The molecule has 0 unspecified atom stereocenters. The molecule has 0 aliphatic rings. The van der Waals surface area contributed by atoms with Crippen LogP contribution in [-0.2, 0) is 11.3 Å². The van der Waals surface area contributed by atoms with E-state index in [-0.39, 0.29) is 18.2 Å². The monoisotopic (exact) mass is 369 g/mol. The topological polar surface area (TPSA) is 68.5 Å². The highest BCUT2D eigenvalue weighted by atomic mass is 19.1. The second-order valence-corrected chi connectivity index (χ2v) is 6.02. The first-order chi connectivity index (χ1) is 13.1. The van der Waals surface area contributed by atoms with Crippen LogP contribution in [0.15, 0.2) is 59.1 Å². The molecule has 2 aromatic carbocycles. The van der Waals surface area contributed by atoms with E-state index in [9.17, 15) is 9.18 Å². The molecule has 0 N–H and O–H groups in total. The van der Waals surface area contributed by atoms with Crippen LogP contribution in [0.1, 0.15) is 19.2 Å². The molecule has 0 fully saturated rings. The van der Waals surface area contributed by atoms with E-state index in [1.165, 1.54) is 17.0 Å². The molecular weight excluding hydrogens is 349 g/mol. The number of rotatable bonds is 7. The van der Waals surface area contributed by atoms with Crippen LogP contribution in [-0.4, -0.2) is 34.1 Å². The number of hydrogen-bond acceptors (Lipinski definition) is 5. The van der Waals surface area contributed by atoms with E-state index in [4.69, 9.17) is 9.26 Å². The summed E-state index contributed by atoms with van der Waals surface area (Å²) in [6.45, 7) is 1.94. The van der Waals surface area contributed by atoms with Gasteiger partial charge in [-0.15, -0.1) is 0 Å². The average molecular weight is 369 g/mol. The summed E-state index contributed by atoms with van der Waals surface area (Å²) in [5.41, 5.74) is 0.829. The van der Waals surface area contributed by atoms with Gasteiger partial charge in [0.1, 0.15) is 0 Å². The van der Waals surface area contributed by atoms with E-state index in [1.54, 1.807) is 26.1 Å². The van der Waals surface area contributed by atoms with E-state index in [0.29, 0.717) is 18.1 Å². The van der Waals surface area contributed by atoms with Crippen molar-refractivity contribution < 1.29 is 18.4 Å². The third kappa shape index (κ3) is 4.49. The van der Waals surface area contributed by atoms with Crippen LogP contribution in [0.3, 0.4) is 0 Å². The maximum Gasteiger partial charge on any atom is 0.263 e. The molecule has 1 amide bonds. The molecule has 0 aliphatic carbocycles. The van der Waals surface area contributed by atoms with Crippen LogP contribution >= 0.6 is 0 Å². The fourth-order valence-corrected chi connectivity index (χ4v) is 2.55. The van der Waals surface area contributed by atoms with Gasteiger partial charge in [0, 0.05) is 12.6 Å². The molecular formula is C20H20FN3O3. The van der Waals surface area contributed by atoms with Crippen LogP contribution in [0.5, 0.6) is 5.75 Å². The SMILES string of the molecule is CC[C@H](Oc1ccccc1F)C(=O)N(C)Cc1nc(-c2ccccc2)no1. The zero-order valence-electron chi connectivity index (χ0n) is 15.1. The van der Waals surface area contributed by atoms with E-state index in [0.717, 1.165) is 5.56 Å². The molecule has 1 atom stereocenters. The maximum absolute atomic E-state index is 13.8. The highest BCUT2D eigenvalue weighted by Gasteiger charge is 2.24. The Labute approximate surface area is 156 Å². The Morgan fingerprint density at radius 3 is 2.59 bits per heavy atom. The van der Waals surface area contributed by atoms with Crippen molar-refractivity contribution in [1.29, 1.82) is 0 Å². The molecule has 0 saturated heterocycles. The molecule has 27 heavy (non-hydrogen) atoms. The van der Waals surface area contributed by atoms with Crippen LogP contribution in [0.25, 0.3) is 11.4 Å². The van der Waals surface area contributed by atoms with Gasteiger partial charge in [0.05, 0.1) is 6.54 Å². The highest BCUT2D eigenvalue weighted by molar-refractivity contribution is 5.80. The highest BCUT2D eigenvalue weighted by Crippen LogP contribution is 2.20. The number of benzene rings is 2. The molecule has 3 rings (SSSR count). The van der Waals surface area contributed by atoms with E-state index in [2.05, 4.69) is 10.1 Å². The summed E-state index contributed by atoms with van der Waals surface area (Å²) in [4.78, 5) is 18.4. The normalized spacial score (nSPS) is 11.8. The molecule has 0 saturated carbocycles. The number of ether oxygens (including phenoxy) is 1. The summed E-state index contributed by atoms with van der Waals surface area (Å²) in [6, 6.07) is 15.4. The van der Waals surface area contributed by atoms with E-state index in [1.807, 2.05) is 30.3 Å². The maximum atomic E-state index is 13.8. The molecule has 6 nitrogen and oxygen atoms in total. The Kier molecular flexibility index (Phi) is 5.80. The zero-order chi connectivity index (χ0) is 19.2. The quantitative estimate of drug-likeness (QED) is 0.635. The van der Waals surface area contributed by atoms with Gasteiger partial charge in [0.2, 0.25) is 11.7 Å². The Bertz CT molecular complexity index is 898. The van der Waals surface area contributed by atoms with Crippen molar-refractivity contribution in [1.82, 2.24) is 15.0 Å². The second kappa shape index (κ2) is 8.44. The standard InChI is InChI=1S/C20H20FN3O3/c1-3-16(26-17-12-8-7-11-15(17)21)20(25)24(2)13-18-22-19(23-27-18)14-9-5-4-6-10-14/h4-12,16H,3,13H2,1-2H3/t16-/m0/s1. The fourth-order valence-electron chi connectivity index (χ4n) is 2.55. The van der Waals surface area contributed by atoms with Gasteiger partial charge in [-0.2, -0.15) is 4.98 Å². The smallest absolute Gasteiger partial charge is 0.263 e. The molecule has 1 aromatic heterocycles. The number of amides is 1. The molecule has 0 radical (unpaired) electrons. The number of carbonyl (C=O) groups is 1. The second-order valence-electron chi connectivity index (χ2n) is 6.02. The van der Waals surface area contributed by atoms with Gasteiger partial charge < -0.3 is 14.2 Å². The predicted octanol–water partition coefficient (Wildman–Crippen LogP) is 3.69. The van der Waals surface area contributed by atoms with Crippen molar-refractivity contribution >= 4 is 5.91 Å². The average Bonchev–Trinajstić information content (AvgIpc) is 3.16. The minimum absolute atomic E-state index is 0.0512. The Hall–Kier alpha value is -3.22. The number of nitrogens with zero attached hydrogens (tertiary/aromatic N) is 3. The summed E-state index contributed by atoms with van der Waals surface area (Å²) in [5, 5.41) is 3.94. The van der Waals surface area contributed by atoms with Gasteiger partial charge in [-0.3, -0.25) is 4.79 Å². The number of halogens is 1. The lowest BCUT2D eigenvalue weighted by molar-refractivity contribution is -0.138. The summed E-state index contributed by atoms with van der Waals surface area (Å²) in [6.07, 6.45) is -0.403. The fraction of sp³-hybridized carbons (Fsp3) is 0.250. The number of aromatic nitrogens is 2. The lowest BCUT2D eigenvalue weighted by Gasteiger charge is -2.22. The van der Waals surface area contributed by atoms with Crippen molar-refractivity contribution in [2.75, 3.05) is 7.05 Å². The lowest BCUT2D eigenvalue weighted by atomic mass is 10.2. The summed E-state index contributed by atoms with van der Waals surface area (Å²) in [7, 11) is 1.61. The largest absolute Gasteiger partial charge is 0.478 e. The Balaban J connectivity index is 1.66. The van der Waals surface area contributed by atoms with Crippen molar-refractivity contribution in [3.05, 3.63) is 66.3 Å². The number of likely N-dealkylation sites (N-methyl/N-ethyl adjacent to an activating group) is 1.